The first-order valence-electron chi connectivity index (χ1n) is 5.48. The molecule has 0 saturated heterocycles. The van der Waals surface area contributed by atoms with E-state index >= 15 is 0 Å². The fourth-order valence-corrected chi connectivity index (χ4v) is 2.01. The van der Waals surface area contributed by atoms with E-state index in [-0.39, 0.29) is 0 Å². The Bertz CT molecular complexity index is 544. The molecular formula is C12H14BrN5. The predicted octanol–water partition coefficient (Wildman–Crippen LogP) is 2.45. The van der Waals surface area contributed by atoms with E-state index in [1.54, 1.807) is 0 Å². The summed E-state index contributed by atoms with van der Waals surface area (Å²) in [6.07, 6.45) is 0. The summed E-state index contributed by atoms with van der Waals surface area (Å²) in [7, 11) is 0. The number of benzene rings is 1. The second-order valence-electron chi connectivity index (χ2n) is 3.85. The minimum Gasteiger partial charge on any atom is -0.366 e. The lowest BCUT2D eigenvalue weighted by Gasteiger charge is -2.08. The topological polar surface area (TPSA) is 75.9 Å². The molecule has 0 spiro atoms. The van der Waals surface area contributed by atoms with Crippen molar-refractivity contribution in [2.24, 2.45) is 5.84 Å². The number of halogens is 1. The van der Waals surface area contributed by atoms with Gasteiger partial charge in [0.25, 0.3) is 0 Å². The first-order chi connectivity index (χ1) is 8.67. The Balaban J connectivity index is 2.08. The Kier molecular flexibility index (Phi) is 4.11. The van der Waals surface area contributed by atoms with Gasteiger partial charge in [-0.1, -0.05) is 28.1 Å². The Hall–Kier alpha value is -1.66. The highest BCUT2D eigenvalue weighted by molar-refractivity contribution is 9.10. The first-order valence-corrected chi connectivity index (χ1v) is 6.27. The maximum Gasteiger partial charge on any atom is 0.239 e. The van der Waals surface area contributed by atoms with Gasteiger partial charge in [0.15, 0.2) is 0 Å². The number of nitrogens with two attached hydrogens (primary N) is 1. The van der Waals surface area contributed by atoms with E-state index in [1.165, 1.54) is 5.56 Å². The van der Waals surface area contributed by atoms with E-state index in [9.17, 15) is 0 Å². The van der Waals surface area contributed by atoms with Gasteiger partial charge in [0, 0.05) is 22.8 Å². The minimum atomic E-state index is 0.409. The van der Waals surface area contributed by atoms with Crippen LogP contribution in [0.3, 0.4) is 0 Å². The lowest BCUT2D eigenvalue weighted by molar-refractivity contribution is 1.04. The fourth-order valence-electron chi connectivity index (χ4n) is 1.56. The van der Waals surface area contributed by atoms with Crippen molar-refractivity contribution in [1.29, 1.82) is 0 Å². The molecule has 0 fully saturated rings. The third kappa shape index (κ3) is 3.41. The van der Waals surface area contributed by atoms with Crippen molar-refractivity contribution in [1.82, 2.24) is 9.97 Å². The molecule has 2 aromatic rings. The zero-order valence-electron chi connectivity index (χ0n) is 9.94. The molecule has 94 valence electrons. The highest BCUT2D eigenvalue weighted by Crippen LogP contribution is 2.14. The highest BCUT2D eigenvalue weighted by atomic mass is 79.9. The highest BCUT2D eigenvalue weighted by Gasteiger charge is 2.01. The van der Waals surface area contributed by atoms with Crippen LogP contribution in [0.15, 0.2) is 34.8 Å². The third-order valence-electron chi connectivity index (χ3n) is 2.35. The van der Waals surface area contributed by atoms with Crippen LogP contribution in [0.4, 0.5) is 11.8 Å². The zero-order valence-corrected chi connectivity index (χ0v) is 11.5. The maximum absolute atomic E-state index is 5.31. The number of hydrogen-bond acceptors (Lipinski definition) is 5. The van der Waals surface area contributed by atoms with Crippen molar-refractivity contribution >= 4 is 27.7 Å². The van der Waals surface area contributed by atoms with Crippen molar-refractivity contribution in [3.05, 3.63) is 46.1 Å². The molecule has 1 heterocycles. The fraction of sp³-hybridized carbons (Fsp3) is 0.167. The summed E-state index contributed by atoms with van der Waals surface area (Å²) in [6, 6.07) is 9.98. The molecule has 0 unspecified atom stereocenters. The van der Waals surface area contributed by atoms with Gasteiger partial charge >= 0.3 is 0 Å². The van der Waals surface area contributed by atoms with Crippen LogP contribution < -0.4 is 16.6 Å². The van der Waals surface area contributed by atoms with E-state index in [0.29, 0.717) is 12.5 Å². The molecule has 1 aromatic heterocycles. The summed E-state index contributed by atoms with van der Waals surface area (Å²) < 4.78 is 1.06. The van der Waals surface area contributed by atoms with Gasteiger partial charge in [-0.15, -0.1) is 0 Å². The Morgan fingerprint density at radius 3 is 2.83 bits per heavy atom. The SMILES string of the molecule is Cc1cc(NCc2cccc(Br)c2)nc(NN)n1. The Morgan fingerprint density at radius 2 is 2.11 bits per heavy atom. The van der Waals surface area contributed by atoms with Crippen molar-refractivity contribution in [3.63, 3.8) is 0 Å². The number of rotatable bonds is 4. The van der Waals surface area contributed by atoms with Crippen LogP contribution in [0.1, 0.15) is 11.3 Å². The van der Waals surface area contributed by atoms with Crippen LogP contribution in [0.25, 0.3) is 0 Å². The molecule has 0 aliphatic carbocycles. The summed E-state index contributed by atoms with van der Waals surface area (Å²) >= 11 is 3.44. The molecule has 2 rings (SSSR count). The van der Waals surface area contributed by atoms with Gasteiger partial charge in [0.1, 0.15) is 5.82 Å². The van der Waals surface area contributed by atoms with E-state index in [2.05, 4.69) is 42.7 Å². The zero-order chi connectivity index (χ0) is 13.0. The number of nitrogens with one attached hydrogen (secondary N) is 2. The molecule has 6 heteroatoms. The molecule has 4 N–H and O–H groups in total. The van der Waals surface area contributed by atoms with Gasteiger partial charge in [-0.3, -0.25) is 5.43 Å². The van der Waals surface area contributed by atoms with Crippen LogP contribution in [-0.4, -0.2) is 9.97 Å². The first kappa shape index (κ1) is 12.8. The van der Waals surface area contributed by atoms with Gasteiger partial charge < -0.3 is 5.32 Å². The lowest BCUT2D eigenvalue weighted by atomic mass is 10.2. The summed E-state index contributed by atoms with van der Waals surface area (Å²) in [5.74, 6) is 6.46. The van der Waals surface area contributed by atoms with Crippen LogP contribution in [0.5, 0.6) is 0 Å². The monoisotopic (exact) mass is 307 g/mol. The predicted molar refractivity (Wildman–Crippen MR) is 76.0 cm³/mol. The lowest BCUT2D eigenvalue weighted by Crippen LogP contribution is -2.12. The van der Waals surface area contributed by atoms with E-state index in [0.717, 1.165) is 16.0 Å². The van der Waals surface area contributed by atoms with Gasteiger partial charge in [-0.2, -0.15) is 4.98 Å². The van der Waals surface area contributed by atoms with E-state index < -0.39 is 0 Å². The molecule has 0 aliphatic rings. The molecule has 1 aromatic carbocycles. The molecule has 0 amide bonds. The van der Waals surface area contributed by atoms with Crippen molar-refractivity contribution in [2.75, 3.05) is 10.7 Å². The summed E-state index contributed by atoms with van der Waals surface area (Å²) in [6.45, 7) is 2.59. The van der Waals surface area contributed by atoms with Gasteiger partial charge in [-0.25, -0.2) is 10.8 Å². The molecule has 18 heavy (non-hydrogen) atoms. The van der Waals surface area contributed by atoms with E-state index in [4.69, 9.17) is 5.84 Å². The van der Waals surface area contributed by atoms with Crippen molar-refractivity contribution in [3.8, 4) is 0 Å². The van der Waals surface area contributed by atoms with Crippen molar-refractivity contribution in [2.45, 2.75) is 13.5 Å². The van der Waals surface area contributed by atoms with Gasteiger partial charge in [-0.05, 0) is 24.6 Å². The number of aromatic nitrogens is 2. The van der Waals surface area contributed by atoms with Crippen LogP contribution >= 0.6 is 15.9 Å². The van der Waals surface area contributed by atoms with Crippen molar-refractivity contribution < 1.29 is 0 Å². The standard InChI is InChI=1S/C12H14BrN5/c1-8-5-11(17-12(16-8)18-14)15-7-9-3-2-4-10(13)6-9/h2-6H,7,14H2,1H3,(H2,15,16,17,18). The Labute approximate surface area is 114 Å². The third-order valence-corrected chi connectivity index (χ3v) is 2.84. The quantitative estimate of drug-likeness (QED) is 0.597. The Morgan fingerprint density at radius 1 is 1.28 bits per heavy atom. The number of hydrazine groups is 1. The average molecular weight is 308 g/mol. The molecule has 0 atom stereocenters. The number of nitrogens with zero attached hydrogens (tertiary/aromatic N) is 2. The summed E-state index contributed by atoms with van der Waals surface area (Å²) in [5.41, 5.74) is 4.47. The summed E-state index contributed by atoms with van der Waals surface area (Å²) in [5, 5.41) is 3.24. The average Bonchev–Trinajstić information content (AvgIpc) is 2.36. The molecule has 5 nitrogen and oxygen atoms in total. The number of anilines is 2. The smallest absolute Gasteiger partial charge is 0.239 e. The molecule has 0 aliphatic heterocycles. The summed E-state index contributed by atoms with van der Waals surface area (Å²) in [4.78, 5) is 8.35. The number of hydrogen-bond donors (Lipinski definition) is 3. The second-order valence-corrected chi connectivity index (χ2v) is 4.76. The number of aryl methyl sites for hydroxylation is 1. The molecule has 0 bridgehead atoms. The largest absolute Gasteiger partial charge is 0.366 e. The van der Waals surface area contributed by atoms with Gasteiger partial charge in [0.2, 0.25) is 5.95 Å². The molecule has 0 radical (unpaired) electrons. The minimum absolute atomic E-state index is 0.409. The van der Waals surface area contributed by atoms with Crippen LogP contribution in [0, 0.1) is 6.92 Å². The maximum atomic E-state index is 5.31. The van der Waals surface area contributed by atoms with Crippen LogP contribution in [0.2, 0.25) is 0 Å². The second kappa shape index (κ2) is 5.79. The van der Waals surface area contributed by atoms with Gasteiger partial charge in [0.05, 0.1) is 0 Å². The molecular weight excluding hydrogens is 294 g/mol. The van der Waals surface area contributed by atoms with Crippen LogP contribution in [-0.2, 0) is 6.54 Å². The van der Waals surface area contributed by atoms with E-state index in [1.807, 2.05) is 31.2 Å². The number of nitrogen functional groups attached to an aromatic ring is 1. The normalized spacial score (nSPS) is 10.2. The molecule has 0 saturated carbocycles.